The molecule has 0 saturated carbocycles. The van der Waals surface area contributed by atoms with E-state index in [9.17, 15) is 4.79 Å². The average Bonchev–Trinajstić information content (AvgIpc) is 2.55. The zero-order chi connectivity index (χ0) is 11.7. The predicted octanol–water partition coefficient (Wildman–Crippen LogP) is 1.20. The van der Waals surface area contributed by atoms with Crippen LogP contribution in [0.15, 0.2) is 21.5 Å². The van der Waals surface area contributed by atoms with Crippen LogP contribution in [0.3, 0.4) is 0 Å². The van der Waals surface area contributed by atoms with Crippen molar-refractivity contribution in [3.63, 3.8) is 0 Å². The van der Waals surface area contributed by atoms with E-state index in [1.807, 2.05) is 20.8 Å². The highest BCUT2D eigenvalue weighted by atomic mass is 16.5. The maximum absolute atomic E-state index is 11.6. The summed E-state index contributed by atoms with van der Waals surface area (Å²) in [5.41, 5.74) is 2.41. The van der Waals surface area contributed by atoms with Gasteiger partial charge in [0.25, 0.3) is 5.56 Å². The van der Waals surface area contributed by atoms with E-state index < -0.39 is 0 Å². The molecule has 0 spiro atoms. The first-order chi connectivity index (χ1) is 7.58. The van der Waals surface area contributed by atoms with Crippen LogP contribution in [0.2, 0.25) is 0 Å². The van der Waals surface area contributed by atoms with Crippen LogP contribution in [0.25, 0.3) is 0 Å². The van der Waals surface area contributed by atoms with Crippen LogP contribution in [0.5, 0.6) is 0 Å². The molecule has 0 aliphatic carbocycles. The first-order valence-corrected chi connectivity index (χ1v) is 5.04. The van der Waals surface area contributed by atoms with Crippen molar-refractivity contribution in [3.05, 3.63) is 45.2 Å². The molecule has 0 radical (unpaired) electrons. The maximum Gasteiger partial charge on any atom is 0.267 e. The van der Waals surface area contributed by atoms with Crippen LogP contribution in [-0.4, -0.2) is 14.9 Å². The Bertz CT molecular complexity index is 549. The monoisotopic (exact) mass is 219 g/mol. The number of hydrogen-bond donors (Lipinski definition) is 0. The lowest BCUT2D eigenvalue weighted by Crippen LogP contribution is -2.23. The smallest absolute Gasteiger partial charge is 0.267 e. The number of aromatic nitrogens is 3. The van der Waals surface area contributed by atoms with Crippen LogP contribution >= 0.6 is 0 Å². The molecule has 0 N–H and O–H groups in total. The largest absolute Gasteiger partial charge is 0.361 e. The molecule has 5 heteroatoms. The van der Waals surface area contributed by atoms with Gasteiger partial charge in [-0.2, -0.15) is 5.10 Å². The quantitative estimate of drug-likeness (QED) is 0.761. The lowest BCUT2D eigenvalue weighted by atomic mass is 10.2. The number of aryl methyl sites for hydroxylation is 3. The lowest BCUT2D eigenvalue weighted by molar-refractivity contribution is 0.391. The van der Waals surface area contributed by atoms with Gasteiger partial charge in [0.05, 0.1) is 17.9 Å². The summed E-state index contributed by atoms with van der Waals surface area (Å²) in [4.78, 5) is 11.6. The maximum atomic E-state index is 11.6. The Morgan fingerprint density at radius 2 is 2.06 bits per heavy atom. The molecule has 0 aliphatic heterocycles. The van der Waals surface area contributed by atoms with Gasteiger partial charge in [0, 0.05) is 11.6 Å². The van der Waals surface area contributed by atoms with Gasteiger partial charge in [-0.15, -0.1) is 0 Å². The van der Waals surface area contributed by atoms with Crippen LogP contribution < -0.4 is 5.56 Å². The van der Waals surface area contributed by atoms with Crippen molar-refractivity contribution in [3.8, 4) is 0 Å². The first kappa shape index (κ1) is 10.6. The SMILES string of the molecule is Cc1ccc(=O)n(Cc2c(C)noc2C)n1. The van der Waals surface area contributed by atoms with E-state index in [-0.39, 0.29) is 5.56 Å². The molecular formula is C11H13N3O2. The predicted molar refractivity (Wildman–Crippen MR) is 58.3 cm³/mol. The molecule has 2 aromatic heterocycles. The Balaban J connectivity index is 2.41. The average molecular weight is 219 g/mol. The first-order valence-electron chi connectivity index (χ1n) is 5.04. The minimum atomic E-state index is -0.120. The number of rotatable bonds is 2. The summed E-state index contributed by atoms with van der Waals surface area (Å²) < 4.78 is 6.46. The van der Waals surface area contributed by atoms with Crippen molar-refractivity contribution >= 4 is 0 Å². The van der Waals surface area contributed by atoms with Crippen molar-refractivity contribution in [2.75, 3.05) is 0 Å². The van der Waals surface area contributed by atoms with Gasteiger partial charge in [0.15, 0.2) is 0 Å². The summed E-state index contributed by atoms with van der Waals surface area (Å²) in [5, 5.41) is 8.01. The van der Waals surface area contributed by atoms with E-state index in [0.717, 1.165) is 22.7 Å². The lowest BCUT2D eigenvalue weighted by Gasteiger charge is -2.04. The van der Waals surface area contributed by atoms with E-state index in [2.05, 4.69) is 10.3 Å². The Labute approximate surface area is 92.7 Å². The highest BCUT2D eigenvalue weighted by molar-refractivity contribution is 5.20. The van der Waals surface area contributed by atoms with Crippen molar-refractivity contribution in [2.24, 2.45) is 0 Å². The van der Waals surface area contributed by atoms with Gasteiger partial charge in [0.1, 0.15) is 5.76 Å². The molecule has 0 aromatic carbocycles. The zero-order valence-electron chi connectivity index (χ0n) is 9.52. The van der Waals surface area contributed by atoms with Gasteiger partial charge < -0.3 is 4.52 Å². The van der Waals surface area contributed by atoms with Crippen molar-refractivity contribution in [1.29, 1.82) is 0 Å². The van der Waals surface area contributed by atoms with Crippen LogP contribution in [-0.2, 0) is 6.54 Å². The topological polar surface area (TPSA) is 60.9 Å². The molecule has 2 rings (SSSR count). The van der Waals surface area contributed by atoms with Crippen LogP contribution in [0, 0.1) is 20.8 Å². The number of nitrogens with zero attached hydrogens (tertiary/aromatic N) is 3. The summed E-state index contributed by atoms with van der Waals surface area (Å²) in [5.74, 6) is 0.729. The molecule has 0 bridgehead atoms. The minimum Gasteiger partial charge on any atom is -0.361 e. The molecule has 0 unspecified atom stereocenters. The van der Waals surface area contributed by atoms with E-state index >= 15 is 0 Å². The van der Waals surface area contributed by atoms with Crippen LogP contribution in [0.4, 0.5) is 0 Å². The van der Waals surface area contributed by atoms with Crippen LogP contribution in [0.1, 0.15) is 22.7 Å². The Kier molecular flexibility index (Phi) is 2.60. The van der Waals surface area contributed by atoms with Gasteiger partial charge in [-0.3, -0.25) is 4.79 Å². The zero-order valence-corrected chi connectivity index (χ0v) is 9.52. The van der Waals surface area contributed by atoms with E-state index in [1.54, 1.807) is 6.07 Å². The van der Waals surface area contributed by atoms with Gasteiger partial charge in [-0.05, 0) is 26.8 Å². The molecule has 0 saturated heterocycles. The highest BCUT2D eigenvalue weighted by Crippen LogP contribution is 2.12. The van der Waals surface area contributed by atoms with Gasteiger partial charge in [-0.25, -0.2) is 4.68 Å². The van der Waals surface area contributed by atoms with Gasteiger partial charge in [0.2, 0.25) is 0 Å². The molecule has 0 atom stereocenters. The normalized spacial score (nSPS) is 10.7. The summed E-state index contributed by atoms with van der Waals surface area (Å²) in [6.07, 6.45) is 0. The standard InChI is InChI=1S/C11H13N3O2/c1-7-4-5-11(15)14(12-7)6-10-8(2)13-16-9(10)3/h4-5H,6H2,1-3H3. The van der Waals surface area contributed by atoms with E-state index in [0.29, 0.717) is 6.54 Å². The summed E-state index contributed by atoms with van der Waals surface area (Å²) >= 11 is 0. The van der Waals surface area contributed by atoms with Crippen molar-refractivity contribution in [2.45, 2.75) is 27.3 Å². The summed E-state index contributed by atoms with van der Waals surface area (Å²) in [6.45, 7) is 5.94. The molecule has 0 amide bonds. The molecule has 84 valence electrons. The Morgan fingerprint density at radius 3 is 2.69 bits per heavy atom. The third-order valence-corrected chi connectivity index (χ3v) is 2.49. The fraction of sp³-hybridized carbons (Fsp3) is 0.364. The van der Waals surface area contributed by atoms with E-state index in [4.69, 9.17) is 4.52 Å². The fourth-order valence-corrected chi connectivity index (χ4v) is 1.54. The van der Waals surface area contributed by atoms with Crippen molar-refractivity contribution in [1.82, 2.24) is 14.9 Å². The van der Waals surface area contributed by atoms with Crippen molar-refractivity contribution < 1.29 is 4.52 Å². The second kappa shape index (κ2) is 3.92. The molecule has 2 aromatic rings. The molecule has 5 nitrogen and oxygen atoms in total. The second-order valence-corrected chi connectivity index (χ2v) is 3.77. The summed E-state index contributed by atoms with van der Waals surface area (Å²) in [6, 6.07) is 3.21. The van der Waals surface area contributed by atoms with E-state index in [1.165, 1.54) is 10.7 Å². The Hall–Kier alpha value is -1.91. The highest BCUT2D eigenvalue weighted by Gasteiger charge is 2.10. The third-order valence-electron chi connectivity index (χ3n) is 2.49. The fourth-order valence-electron chi connectivity index (χ4n) is 1.54. The molecule has 0 aliphatic rings. The van der Waals surface area contributed by atoms with Gasteiger partial charge >= 0.3 is 0 Å². The third kappa shape index (κ3) is 1.88. The summed E-state index contributed by atoms with van der Waals surface area (Å²) in [7, 11) is 0. The van der Waals surface area contributed by atoms with Gasteiger partial charge in [-0.1, -0.05) is 5.16 Å². The molecule has 16 heavy (non-hydrogen) atoms. The molecule has 2 heterocycles. The minimum absolute atomic E-state index is 0.120. The Morgan fingerprint density at radius 1 is 1.31 bits per heavy atom. The molecule has 0 fully saturated rings. The number of hydrogen-bond acceptors (Lipinski definition) is 4. The molecular weight excluding hydrogens is 206 g/mol. The second-order valence-electron chi connectivity index (χ2n) is 3.77.